The lowest BCUT2D eigenvalue weighted by molar-refractivity contribution is -0.122. The molecule has 0 aromatic heterocycles. The molecule has 0 aromatic rings. The van der Waals surface area contributed by atoms with Gasteiger partial charge < -0.3 is 26.8 Å². The maximum Gasteiger partial charge on any atom is 0.236 e. The van der Waals surface area contributed by atoms with Gasteiger partial charge in [0.1, 0.15) is 0 Å². The number of nitrogens with two attached hydrogens (primary N) is 1. The van der Waals surface area contributed by atoms with Crippen LogP contribution in [0, 0.1) is 0 Å². The number of carbonyl (C=O) groups is 1. The van der Waals surface area contributed by atoms with Gasteiger partial charge in [0.15, 0.2) is 5.96 Å². The average molecular weight is 390 g/mol. The molecule has 0 fully saturated rings. The number of rotatable bonds is 16. The van der Waals surface area contributed by atoms with Crippen LogP contribution >= 0.6 is 11.8 Å². The van der Waals surface area contributed by atoms with Gasteiger partial charge in [-0.2, -0.15) is 11.8 Å². The molecule has 1 atom stereocenters. The molecule has 26 heavy (non-hydrogen) atoms. The van der Waals surface area contributed by atoms with Crippen molar-refractivity contribution in [2.45, 2.75) is 57.4 Å². The van der Waals surface area contributed by atoms with Crippen LogP contribution in [0.5, 0.6) is 0 Å². The second-order valence-corrected chi connectivity index (χ2v) is 7.47. The number of hydrogen-bond donors (Lipinski definition) is 5. The average Bonchev–Trinajstić information content (AvgIpc) is 2.65. The number of nitrogens with one attached hydrogen (secondary N) is 3. The molecule has 0 aromatic carbocycles. The van der Waals surface area contributed by atoms with E-state index in [9.17, 15) is 4.79 Å². The van der Waals surface area contributed by atoms with Crippen molar-refractivity contribution < 1.29 is 9.90 Å². The third-order valence-electron chi connectivity index (χ3n) is 3.99. The molecule has 0 aliphatic carbocycles. The number of carbonyl (C=O) groups excluding carboxylic acids is 1. The molecule has 7 nitrogen and oxygen atoms in total. The van der Waals surface area contributed by atoms with E-state index in [4.69, 9.17) is 10.8 Å². The molecule has 0 saturated heterocycles. The third-order valence-corrected chi connectivity index (χ3v) is 5.15. The summed E-state index contributed by atoms with van der Waals surface area (Å²) in [6, 6.07) is -0.442. The van der Waals surface area contributed by atoms with Crippen molar-refractivity contribution in [1.29, 1.82) is 0 Å². The van der Waals surface area contributed by atoms with E-state index < -0.39 is 6.04 Å². The number of nitrogens with zero attached hydrogens (tertiary/aromatic N) is 1. The Bertz CT molecular complexity index is 369. The van der Waals surface area contributed by atoms with Crippen molar-refractivity contribution in [3.05, 3.63) is 0 Å². The van der Waals surface area contributed by atoms with Crippen LogP contribution in [0.3, 0.4) is 0 Å². The molecule has 1 amide bonds. The van der Waals surface area contributed by atoms with Crippen LogP contribution in [-0.4, -0.2) is 68.3 Å². The van der Waals surface area contributed by atoms with Crippen molar-refractivity contribution >= 4 is 23.6 Å². The summed E-state index contributed by atoms with van der Waals surface area (Å²) in [6.45, 7) is 1.76. The Balaban J connectivity index is 3.44. The van der Waals surface area contributed by atoms with Crippen LogP contribution in [0.2, 0.25) is 0 Å². The zero-order chi connectivity index (χ0) is 19.5. The Kier molecular flexibility index (Phi) is 18.1. The lowest BCUT2D eigenvalue weighted by atomic mass is 10.1. The molecule has 1 unspecified atom stereocenters. The third kappa shape index (κ3) is 15.3. The highest BCUT2D eigenvalue weighted by Crippen LogP contribution is 2.09. The van der Waals surface area contributed by atoms with Gasteiger partial charge in [-0.3, -0.25) is 9.79 Å². The molecule has 0 saturated carbocycles. The predicted octanol–water partition coefficient (Wildman–Crippen LogP) is 1.07. The summed E-state index contributed by atoms with van der Waals surface area (Å²) in [5, 5.41) is 17.7. The summed E-state index contributed by atoms with van der Waals surface area (Å²) in [7, 11) is 3.53. The first-order valence-corrected chi connectivity index (χ1v) is 10.9. The molecule has 8 heteroatoms. The predicted molar refractivity (Wildman–Crippen MR) is 113 cm³/mol. The van der Waals surface area contributed by atoms with E-state index in [1.54, 1.807) is 7.05 Å². The van der Waals surface area contributed by atoms with E-state index in [-0.39, 0.29) is 5.91 Å². The molecule has 0 aliphatic rings. The van der Waals surface area contributed by atoms with Crippen LogP contribution in [0.25, 0.3) is 0 Å². The second kappa shape index (κ2) is 18.8. The van der Waals surface area contributed by atoms with Crippen molar-refractivity contribution in [1.82, 2.24) is 16.0 Å². The molecule has 0 aliphatic heterocycles. The van der Waals surface area contributed by atoms with Crippen molar-refractivity contribution in [2.75, 3.05) is 45.3 Å². The molecular formula is C18H39N5O2S. The van der Waals surface area contributed by atoms with E-state index in [1.807, 2.05) is 18.8 Å². The van der Waals surface area contributed by atoms with Crippen LogP contribution in [0.1, 0.15) is 51.4 Å². The van der Waals surface area contributed by atoms with Crippen LogP contribution in [-0.2, 0) is 4.79 Å². The summed E-state index contributed by atoms with van der Waals surface area (Å²) in [6.07, 6.45) is 8.03. The first-order valence-electron chi connectivity index (χ1n) is 9.76. The highest BCUT2D eigenvalue weighted by Gasteiger charge is 2.12. The fraction of sp³-hybridized carbons (Fsp3) is 0.889. The zero-order valence-corrected chi connectivity index (χ0v) is 17.4. The number of hydrogen-bond acceptors (Lipinski definition) is 5. The number of aliphatic imine (C=N–C) groups is 1. The Morgan fingerprint density at radius 2 is 1.69 bits per heavy atom. The van der Waals surface area contributed by atoms with Gasteiger partial charge in [-0.1, -0.05) is 12.8 Å². The molecule has 6 N–H and O–H groups in total. The summed E-state index contributed by atoms with van der Waals surface area (Å²) >= 11 is 1.98. The molecule has 0 radical (unpaired) electrons. The summed E-state index contributed by atoms with van der Waals surface area (Å²) in [4.78, 5) is 16.0. The van der Waals surface area contributed by atoms with Gasteiger partial charge in [0, 0.05) is 33.8 Å². The minimum Gasteiger partial charge on any atom is -0.396 e. The maximum atomic E-state index is 11.9. The smallest absolute Gasteiger partial charge is 0.236 e. The fourth-order valence-electron chi connectivity index (χ4n) is 2.38. The number of aliphatic hydroxyl groups excluding tert-OH is 1. The van der Waals surface area contributed by atoms with Gasteiger partial charge in [0.25, 0.3) is 0 Å². The number of aliphatic hydroxyl groups is 1. The van der Waals surface area contributed by atoms with Crippen molar-refractivity contribution in [3.8, 4) is 0 Å². The normalized spacial score (nSPS) is 12.7. The molecule has 0 bridgehead atoms. The van der Waals surface area contributed by atoms with Gasteiger partial charge in [0.05, 0.1) is 6.04 Å². The largest absolute Gasteiger partial charge is 0.396 e. The minimum atomic E-state index is -0.442. The topological polar surface area (TPSA) is 112 Å². The Morgan fingerprint density at radius 3 is 2.31 bits per heavy atom. The van der Waals surface area contributed by atoms with E-state index in [2.05, 4.69) is 20.9 Å². The van der Waals surface area contributed by atoms with Crippen molar-refractivity contribution in [2.24, 2.45) is 10.7 Å². The number of thioether (sulfide) groups is 1. The van der Waals surface area contributed by atoms with Gasteiger partial charge in [-0.15, -0.1) is 0 Å². The highest BCUT2D eigenvalue weighted by atomic mass is 32.2. The lowest BCUT2D eigenvalue weighted by Crippen LogP contribution is -2.41. The maximum absolute atomic E-state index is 11.9. The zero-order valence-electron chi connectivity index (χ0n) is 16.6. The lowest BCUT2D eigenvalue weighted by Gasteiger charge is -2.13. The molecule has 0 heterocycles. The highest BCUT2D eigenvalue weighted by molar-refractivity contribution is 7.99. The number of unbranched alkanes of at least 4 members (excludes halogenated alkanes) is 4. The van der Waals surface area contributed by atoms with E-state index in [0.717, 1.165) is 44.6 Å². The monoisotopic (exact) mass is 389 g/mol. The molecule has 0 rings (SSSR count). The van der Waals surface area contributed by atoms with Crippen LogP contribution in [0.4, 0.5) is 0 Å². The number of amides is 1. The van der Waals surface area contributed by atoms with Crippen molar-refractivity contribution in [3.63, 3.8) is 0 Å². The van der Waals surface area contributed by atoms with E-state index >= 15 is 0 Å². The SMILES string of the molecule is CN=C(NC)NCCCC(N)C(=O)NCCCCCSCCCCCO. The fourth-order valence-corrected chi connectivity index (χ4v) is 3.40. The Hall–Kier alpha value is -0.990. The van der Waals surface area contributed by atoms with Crippen LogP contribution in [0.15, 0.2) is 4.99 Å². The van der Waals surface area contributed by atoms with Gasteiger partial charge in [-0.25, -0.2) is 0 Å². The van der Waals surface area contributed by atoms with Gasteiger partial charge in [0.2, 0.25) is 5.91 Å². The quantitative estimate of drug-likeness (QED) is 0.153. The van der Waals surface area contributed by atoms with Gasteiger partial charge >= 0.3 is 0 Å². The summed E-state index contributed by atoms with van der Waals surface area (Å²) in [5.41, 5.74) is 5.92. The number of guanidine groups is 1. The summed E-state index contributed by atoms with van der Waals surface area (Å²) < 4.78 is 0. The van der Waals surface area contributed by atoms with Gasteiger partial charge in [-0.05, 0) is 50.0 Å². The summed E-state index contributed by atoms with van der Waals surface area (Å²) in [5.74, 6) is 3.04. The molecular weight excluding hydrogens is 350 g/mol. The van der Waals surface area contributed by atoms with E-state index in [0.29, 0.717) is 19.6 Å². The Labute approximate surface area is 163 Å². The second-order valence-electron chi connectivity index (χ2n) is 6.25. The van der Waals surface area contributed by atoms with E-state index in [1.165, 1.54) is 24.3 Å². The molecule has 154 valence electrons. The van der Waals surface area contributed by atoms with Crippen LogP contribution < -0.4 is 21.7 Å². The minimum absolute atomic E-state index is 0.0544. The molecule has 0 spiro atoms. The first-order chi connectivity index (χ1) is 12.7. The standard InChI is InChI=1S/C18H39N5O2S/c1-20-18(21-2)23-12-9-10-16(19)17(25)22-11-5-3-7-14-26-15-8-4-6-13-24/h16,24H,3-15,19H2,1-2H3,(H,22,25)(H2,20,21,23). The Morgan fingerprint density at radius 1 is 1.04 bits per heavy atom. The first kappa shape index (κ1) is 25.0.